The van der Waals surface area contributed by atoms with Crippen LogP contribution in [0.2, 0.25) is 5.02 Å². The van der Waals surface area contributed by atoms with Crippen molar-refractivity contribution in [2.45, 2.75) is 37.9 Å². The fourth-order valence-electron chi connectivity index (χ4n) is 2.42. The number of halogens is 1. The Labute approximate surface area is 127 Å². The van der Waals surface area contributed by atoms with Crippen LogP contribution in [0.15, 0.2) is 24.3 Å². The molecule has 0 aromatic heterocycles. The molecule has 112 valence electrons. The average molecular weight is 297 g/mol. The third-order valence-electron chi connectivity index (χ3n) is 4.10. The van der Waals surface area contributed by atoms with Crippen molar-refractivity contribution >= 4 is 11.6 Å². The zero-order chi connectivity index (χ0) is 14.5. The first-order chi connectivity index (χ1) is 9.61. The van der Waals surface area contributed by atoms with E-state index in [2.05, 4.69) is 30.3 Å². The summed E-state index contributed by atoms with van der Waals surface area (Å²) in [4.78, 5) is 2.37. The van der Waals surface area contributed by atoms with Crippen LogP contribution in [-0.4, -0.2) is 44.3 Å². The minimum absolute atomic E-state index is 0.315. The molecule has 4 heteroatoms. The van der Waals surface area contributed by atoms with E-state index >= 15 is 0 Å². The highest BCUT2D eigenvalue weighted by atomic mass is 35.5. The van der Waals surface area contributed by atoms with Crippen LogP contribution in [0.4, 0.5) is 0 Å². The summed E-state index contributed by atoms with van der Waals surface area (Å²) in [5.41, 5.74) is 1.24. The maximum absolute atomic E-state index is 6.09. The van der Waals surface area contributed by atoms with Gasteiger partial charge in [0.05, 0.1) is 6.61 Å². The van der Waals surface area contributed by atoms with Crippen molar-refractivity contribution in [2.75, 3.05) is 27.3 Å². The van der Waals surface area contributed by atoms with E-state index in [9.17, 15) is 0 Å². The van der Waals surface area contributed by atoms with E-state index in [-0.39, 0.29) is 0 Å². The van der Waals surface area contributed by atoms with Crippen LogP contribution in [0, 0.1) is 0 Å². The molecule has 0 radical (unpaired) electrons. The summed E-state index contributed by atoms with van der Waals surface area (Å²) in [6.07, 6.45) is 2.63. The van der Waals surface area contributed by atoms with E-state index in [0.29, 0.717) is 12.1 Å². The second-order valence-electron chi connectivity index (χ2n) is 5.69. The Morgan fingerprint density at radius 1 is 1.45 bits per heavy atom. The average Bonchev–Trinajstić information content (AvgIpc) is 3.26. The molecule has 1 N–H and O–H groups in total. The molecule has 0 heterocycles. The number of rotatable bonds is 8. The summed E-state index contributed by atoms with van der Waals surface area (Å²) in [6.45, 7) is 3.92. The summed E-state index contributed by atoms with van der Waals surface area (Å²) < 4.78 is 5.38. The molecule has 3 nitrogen and oxygen atoms in total. The molecule has 1 aromatic carbocycles. The van der Waals surface area contributed by atoms with E-state index in [0.717, 1.165) is 24.2 Å². The number of ether oxygens (including phenoxy) is 1. The second-order valence-corrected chi connectivity index (χ2v) is 6.12. The quantitative estimate of drug-likeness (QED) is 0.798. The standard InChI is InChI=1S/C16H25ClN2O/c1-12(13-5-4-6-14(17)9-13)19(2)16(11-20-3)10-18-15-7-8-15/h4-6,9,12,15-16,18H,7-8,10-11H2,1-3H3. The van der Waals surface area contributed by atoms with Crippen molar-refractivity contribution in [3.63, 3.8) is 0 Å². The van der Waals surface area contributed by atoms with Gasteiger partial charge in [-0.15, -0.1) is 0 Å². The van der Waals surface area contributed by atoms with Crippen LogP contribution < -0.4 is 5.32 Å². The van der Waals surface area contributed by atoms with E-state index in [1.165, 1.54) is 18.4 Å². The van der Waals surface area contributed by atoms with E-state index in [4.69, 9.17) is 16.3 Å². The second kappa shape index (κ2) is 7.41. The summed E-state index contributed by atoms with van der Waals surface area (Å²) in [5.74, 6) is 0. The van der Waals surface area contributed by atoms with E-state index < -0.39 is 0 Å². The van der Waals surface area contributed by atoms with E-state index in [1.54, 1.807) is 7.11 Å². The van der Waals surface area contributed by atoms with Crippen molar-refractivity contribution in [3.05, 3.63) is 34.9 Å². The summed E-state index contributed by atoms with van der Waals surface area (Å²) in [7, 11) is 3.92. The third kappa shape index (κ3) is 4.45. The Balaban J connectivity index is 1.98. The zero-order valence-corrected chi connectivity index (χ0v) is 13.4. The minimum Gasteiger partial charge on any atom is -0.383 e. The molecule has 0 spiro atoms. The highest BCUT2D eigenvalue weighted by molar-refractivity contribution is 6.30. The monoisotopic (exact) mass is 296 g/mol. The topological polar surface area (TPSA) is 24.5 Å². The molecule has 0 amide bonds. The van der Waals surface area contributed by atoms with Gasteiger partial charge in [0.2, 0.25) is 0 Å². The van der Waals surface area contributed by atoms with Crippen molar-refractivity contribution in [1.29, 1.82) is 0 Å². The molecule has 1 fully saturated rings. The first-order valence-electron chi connectivity index (χ1n) is 7.31. The number of hydrogen-bond acceptors (Lipinski definition) is 3. The highest BCUT2D eigenvalue weighted by Gasteiger charge is 2.25. The van der Waals surface area contributed by atoms with Crippen LogP contribution in [0.5, 0.6) is 0 Å². The molecule has 2 atom stereocenters. The molecule has 1 saturated carbocycles. The first-order valence-corrected chi connectivity index (χ1v) is 7.69. The normalized spacial score (nSPS) is 18.2. The van der Waals surface area contributed by atoms with Gasteiger partial charge >= 0.3 is 0 Å². The van der Waals surface area contributed by atoms with E-state index in [1.807, 2.05) is 18.2 Å². The lowest BCUT2D eigenvalue weighted by molar-refractivity contribution is 0.0834. The van der Waals surface area contributed by atoms with Crippen molar-refractivity contribution in [2.24, 2.45) is 0 Å². The van der Waals surface area contributed by atoms with Crippen LogP contribution in [-0.2, 0) is 4.74 Å². The van der Waals surface area contributed by atoms with Crippen LogP contribution >= 0.6 is 11.6 Å². The van der Waals surface area contributed by atoms with Crippen molar-refractivity contribution in [3.8, 4) is 0 Å². The van der Waals surface area contributed by atoms with Gasteiger partial charge < -0.3 is 10.1 Å². The minimum atomic E-state index is 0.315. The number of likely N-dealkylation sites (N-methyl/N-ethyl adjacent to an activating group) is 1. The Morgan fingerprint density at radius 2 is 2.20 bits per heavy atom. The fourth-order valence-corrected chi connectivity index (χ4v) is 2.62. The summed E-state index contributed by atoms with van der Waals surface area (Å²) in [6, 6.07) is 9.51. The molecule has 0 bridgehead atoms. The number of methoxy groups -OCH3 is 1. The summed E-state index contributed by atoms with van der Waals surface area (Å²) in [5, 5.41) is 4.39. The maximum Gasteiger partial charge on any atom is 0.0630 e. The first kappa shape index (κ1) is 15.8. The van der Waals surface area contributed by atoms with Crippen LogP contribution in [0.1, 0.15) is 31.4 Å². The van der Waals surface area contributed by atoms with Gasteiger partial charge in [-0.2, -0.15) is 0 Å². The molecule has 1 aromatic rings. The van der Waals surface area contributed by atoms with Crippen molar-refractivity contribution in [1.82, 2.24) is 10.2 Å². The predicted octanol–water partition coefficient (Wildman–Crippen LogP) is 3.10. The van der Waals surface area contributed by atoms with Crippen LogP contribution in [0.3, 0.4) is 0 Å². The van der Waals surface area contributed by atoms with Gasteiger partial charge in [0, 0.05) is 36.8 Å². The third-order valence-corrected chi connectivity index (χ3v) is 4.33. The van der Waals surface area contributed by atoms with Crippen LogP contribution in [0.25, 0.3) is 0 Å². The molecule has 2 rings (SSSR count). The fraction of sp³-hybridized carbons (Fsp3) is 0.625. The van der Waals surface area contributed by atoms with Gasteiger partial charge in [0.15, 0.2) is 0 Å². The lowest BCUT2D eigenvalue weighted by Gasteiger charge is -2.33. The molecule has 1 aliphatic rings. The van der Waals surface area contributed by atoms with Gasteiger partial charge in [0.25, 0.3) is 0 Å². The molecule has 20 heavy (non-hydrogen) atoms. The highest BCUT2D eigenvalue weighted by Crippen LogP contribution is 2.24. The molecule has 1 aliphatic carbocycles. The number of benzene rings is 1. The van der Waals surface area contributed by atoms with Gasteiger partial charge in [-0.25, -0.2) is 0 Å². The SMILES string of the molecule is COCC(CNC1CC1)N(C)C(C)c1cccc(Cl)c1. The molecular formula is C16H25ClN2O. The lowest BCUT2D eigenvalue weighted by atomic mass is 10.1. The Hall–Kier alpha value is -0.610. The summed E-state index contributed by atoms with van der Waals surface area (Å²) >= 11 is 6.09. The Bertz CT molecular complexity index is 423. The molecular weight excluding hydrogens is 272 g/mol. The Morgan fingerprint density at radius 3 is 2.80 bits per heavy atom. The predicted molar refractivity (Wildman–Crippen MR) is 84.3 cm³/mol. The lowest BCUT2D eigenvalue weighted by Crippen LogP contribution is -2.44. The Kier molecular flexibility index (Phi) is 5.85. The number of nitrogens with one attached hydrogen (secondary N) is 1. The maximum atomic E-state index is 6.09. The van der Waals surface area contributed by atoms with Crippen molar-refractivity contribution < 1.29 is 4.74 Å². The van der Waals surface area contributed by atoms with Gasteiger partial charge in [0.1, 0.15) is 0 Å². The molecule has 0 aliphatic heterocycles. The smallest absolute Gasteiger partial charge is 0.0630 e. The van der Waals surface area contributed by atoms with Gasteiger partial charge in [-0.1, -0.05) is 23.7 Å². The molecule has 2 unspecified atom stereocenters. The number of nitrogens with zero attached hydrogens (tertiary/aromatic N) is 1. The number of hydrogen-bond donors (Lipinski definition) is 1. The molecule has 0 saturated heterocycles. The van der Waals surface area contributed by atoms with Gasteiger partial charge in [-0.3, -0.25) is 4.90 Å². The largest absolute Gasteiger partial charge is 0.383 e. The zero-order valence-electron chi connectivity index (χ0n) is 12.6. The van der Waals surface area contributed by atoms with Gasteiger partial charge in [-0.05, 0) is 44.5 Å².